The van der Waals surface area contributed by atoms with Gasteiger partial charge in [0.15, 0.2) is 6.17 Å². The summed E-state index contributed by atoms with van der Waals surface area (Å²) in [4.78, 5) is 3.41. The Bertz CT molecular complexity index is 320. The van der Waals surface area contributed by atoms with Gasteiger partial charge in [-0.25, -0.2) is 9.38 Å². The minimum atomic E-state index is -1.65. The van der Waals surface area contributed by atoms with E-state index in [0.717, 1.165) is 0 Å². The number of rotatable bonds is 0. The van der Waals surface area contributed by atoms with Crippen molar-refractivity contribution >= 4 is 11.7 Å². The lowest BCUT2D eigenvalue weighted by molar-refractivity contribution is 0.420. The van der Waals surface area contributed by atoms with Crippen LogP contribution in [-0.4, -0.2) is 5.97 Å². The van der Waals surface area contributed by atoms with Crippen molar-refractivity contribution in [3.05, 3.63) is 29.8 Å². The molecule has 0 amide bonds. The third-order valence-electron chi connectivity index (χ3n) is 1.65. The summed E-state index contributed by atoms with van der Waals surface area (Å²) in [5, 5.41) is 0. The molecule has 3 heteroatoms. The Labute approximate surface area is 62.4 Å². The molecule has 0 radical (unpaired) electrons. The number of benzene rings is 1. The van der Waals surface area contributed by atoms with Gasteiger partial charge in [-0.3, -0.25) is 0 Å². The summed E-state index contributed by atoms with van der Waals surface area (Å²) in [5.41, 5.74) is 0.725. The lowest BCUT2D eigenvalue weighted by Crippen LogP contribution is -1.93. The molecule has 1 heterocycles. The molecule has 0 bridgehead atoms. The van der Waals surface area contributed by atoms with Gasteiger partial charge in [0, 0.05) is 5.56 Å². The highest BCUT2D eigenvalue weighted by atomic mass is 19.2. The van der Waals surface area contributed by atoms with Crippen LogP contribution < -0.4 is 0 Å². The summed E-state index contributed by atoms with van der Waals surface area (Å²) in [5.74, 6) is -0.939. The zero-order chi connectivity index (χ0) is 7.84. The van der Waals surface area contributed by atoms with Crippen LogP contribution in [0.4, 0.5) is 14.5 Å². The van der Waals surface area contributed by atoms with Gasteiger partial charge < -0.3 is 0 Å². The second-order valence-electron chi connectivity index (χ2n) is 2.36. The quantitative estimate of drug-likeness (QED) is 0.543. The first kappa shape index (κ1) is 6.46. The first-order valence-corrected chi connectivity index (χ1v) is 3.26. The van der Waals surface area contributed by atoms with Gasteiger partial charge >= 0.3 is 0 Å². The number of para-hydroxylation sites is 1. The molecular weight excluding hydrogens is 148 g/mol. The van der Waals surface area contributed by atoms with Gasteiger partial charge in [-0.15, -0.1) is 0 Å². The summed E-state index contributed by atoms with van der Waals surface area (Å²) in [6.45, 7) is 0. The van der Waals surface area contributed by atoms with Crippen LogP contribution >= 0.6 is 0 Å². The van der Waals surface area contributed by atoms with Crippen molar-refractivity contribution < 1.29 is 8.78 Å². The van der Waals surface area contributed by atoms with E-state index in [1.165, 1.54) is 6.07 Å². The maximum atomic E-state index is 12.8. The van der Waals surface area contributed by atoms with Gasteiger partial charge in [0.2, 0.25) is 5.97 Å². The van der Waals surface area contributed by atoms with Crippen LogP contribution in [-0.2, 0) is 0 Å². The average Bonchev–Trinajstić information content (AvgIpc) is 2.30. The highest BCUT2D eigenvalue weighted by Gasteiger charge is 2.26. The normalized spacial score (nSPS) is 21.3. The van der Waals surface area contributed by atoms with E-state index >= 15 is 0 Å². The fourth-order valence-corrected chi connectivity index (χ4v) is 1.10. The fraction of sp³-hybridized carbons (Fsp3) is 0.125. The third-order valence-corrected chi connectivity index (χ3v) is 1.65. The Morgan fingerprint density at radius 1 is 1.27 bits per heavy atom. The molecule has 0 N–H and O–H groups in total. The van der Waals surface area contributed by atoms with Crippen LogP contribution in [0.3, 0.4) is 0 Å². The number of alkyl halides is 1. The van der Waals surface area contributed by atoms with Gasteiger partial charge in [-0.2, -0.15) is 4.39 Å². The van der Waals surface area contributed by atoms with Crippen molar-refractivity contribution in [2.75, 3.05) is 0 Å². The van der Waals surface area contributed by atoms with Crippen LogP contribution in [0.2, 0.25) is 0 Å². The van der Waals surface area contributed by atoms with Crippen LogP contribution in [0, 0.1) is 0 Å². The number of nitrogens with zero attached hydrogens (tertiary/aromatic N) is 1. The second-order valence-corrected chi connectivity index (χ2v) is 2.36. The molecule has 1 nitrogen and oxygen atoms in total. The maximum absolute atomic E-state index is 12.8. The lowest BCUT2D eigenvalue weighted by atomic mass is 10.1. The molecule has 1 aromatic rings. The number of hydrogen-bond acceptors (Lipinski definition) is 1. The smallest absolute Gasteiger partial charge is 0.228 e. The van der Waals surface area contributed by atoms with Gasteiger partial charge in [-0.1, -0.05) is 18.2 Å². The minimum Gasteiger partial charge on any atom is -0.233 e. The summed E-state index contributed by atoms with van der Waals surface area (Å²) >= 11 is 0. The molecule has 0 saturated carbocycles. The van der Waals surface area contributed by atoms with Crippen molar-refractivity contribution in [2.45, 2.75) is 6.17 Å². The van der Waals surface area contributed by atoms with Crippen LogP contribution in [0.1, 0.15) is 11.7 Å². The second kappa shape index (κ2) is 2.12. The van der Waals surface area contributed by atoms with Crippen LogP contribution in [0.15, 0.2) is 29.3 Å². The molecule has 0 spiro atoms. The highest BCUT2D eigenvalue weighted by Crippen LogP contribution is 2.36. The summed E-state index contributed by atoms with van der Waals surface area (Å²) in [6, 6.07) is 6.50. The number of fused-ring (bicyclic) bond motifs is 1. The molecule has 1 unspecified atom stereocenters. The van der Waals surface area contributed by atoms with Crippen molar-refractivity contribution in [3.63, 3.8) is 0 Å². The van der Waals surface area contributed by atoms with E-state index in [-0.39, 0.29) is 0 Å². The van der Waals surface area contributed by atoms with E-state index < -0.39 is 12.1 Å². The van der Waals surface area contributed by atoms with E-state index in [9.17, 15) is 8.78 Å². The average molecular weight is 153 g/mol. The highest BCUT2D eigenvalue weighted by molar-refractivity contribution is 5.89. The molecule has 11 heavy (non-hydrogen) atoms. The Hall–Kier alpha value is -1.25. The molecule has 1 aromatic carbocycles. The van der Waals surface area contributed by atoms with Crippen molar-refractivity contribution in [1.29, 1.82) is 0 Å². The molecule has 0 aromatic heterocycles. The van der Waals surface area contributed by atoms with Crippen molar-refractivity contribution in [2.24, 2.45) is 4.99 Å². The van der Waals surface area contributed by atoms with Gasteiger partial charge in [0.25, 0.3) is 0 Å². The summed E-state index contributed by atoms with van der Waals surface area (Å²) in [7, 11) is 0. The summed E-state index contributed by atoms with van der Waals surface area (Å²) < 4.78 is 25.3. The molecule has 1 atom stereocenters. The van der Waals surface area contributed by atoms with E-state index in [4.69, 9.17) is 0 Å². The van der Waals surface area contributed by atoms with Gasteiger partial charge in [-0.05, 0) is 6.07 Å². The number of halogens is 2. The van der Waals surface area contributed by atoms with E-state index in [0.29, 0.717) is 11.3 Å². The monoisotopic (exact) mass is 153 g/mol. The Morgan fingerprint density at radius 3 is 2.73 bits per heavy atom. The van der Waals surface area contributed by atoms with Gasteiger partial charge in [0.05, 0.1) is 5.69 Å². The summed E-state index contributed by atoms with van der Waals surface area (Å²) in [6.07, 6.45) is -1.65. The van der Waals surface area contributed by atoms with Crippen molar-refractivity contribution in [3.8, 4) is 0 Å². The zero-order valence-electron chi connectivity index (χ0n) is 5.59. The predicted molar refractivity (Wildman–Crippen MR) is 38.5 cm³/mol. The molecule has 56 valence electrons. The SMILES string of the molecule is FC1=Nc2ccccc2C1F. The first-order valence-electron chi connectivity index (χ1n) is 3.26. The number of hydrogen-bond donors (Lipinski definition) is 0. The topological polar surface area (TPSA) is 12.4 Å². The molecule has 2 rings (SSSR count). The minimum absolute atomic E-state index is 0.324. The van der Waals surface area contributed by atoms with Crippen LogP contribution in [0.5, 0.6) is 0 Å². The standard InChI is InChI=1S/C8H5F2N/c9-7-5-3-1-2-4-6(5)11-8(7)10/h1-4,7H. The lowest BCUT2D eigenvalue weighted by Gasteiger charge is -1.96. The Balaban J connectivity index is 2.58. The van der Waals surface area contributed by atoms with Crippen LogP contribution in [0.25, 0.3) is 0 Å². The maximum Gasteiger partial charge on any atom is 0.228 e. The fourth-order valence-electron chi connectivity index (χ4n) is 1.10. The van der Waals surface area contributed by atoms with Gasteiger partial charge in [0.1, 0.15) is 0 Å². The van der Waals surface area contributed by atoms with E-state index in [2.05, 4.69) is 4.99 Å². The molecule has 1 aliphatic rings. The molecule has 0 saturated heterocycles. The Kier molecular flexibility index (Phi) is 1.24. The predicted octanol–water partition coefficient (Wildman–Crippen LogP) is 2.71. The molecular formula is C8H5F2N. The first-order chi connectivity index (χ1) is 5.29. The largest absolute Gasteiger partial charge is 0.233 e. The molecule has 0 aliphatic carbocycles. The zero-order valence-corrected chi connectivity index (χ0v) is 5.59. The Morgan fingerprint density at radius 2 is 2.00 bits per heavy atom. The molecule has 0 fully saturated rings. The van der Waals surface area contributed by atoms with Crippen molar-refractivity contribution in [1.82, 2.24) is 0 Å². The van der Waals surface area contributed by atoms with E-state index in [1.54, 1.807) is 18.2 Å². The number of aliphatic imine (C=N–C) groups is 1. The van der Waals surface area contributed by atoms with E-state index in [1.807, 2.05) is 0 Å². The third kappa shape index (κ3) is 0.843. The molecule has 1 aliphatic heterocycles.